The van der Waals surface area contributed by atoms with Crippen molar-refractivity contribution in [2.24, 2.45) is 0 Å². The van der Waals surface area contributed by atoms with Crippen LogP contribution < -0.4 is 10.1 Å². The van der Waals surface area contributed by atoms with Crippen molar-refractivity contribution in [2.75, 3.05) is 18.5 Å². The first-order valence-electron chi connectivity index (χ1n) is 4.67. The Kier molecular flexibility index (Phi) is 4.47. The minimum absolute atomic E-state index is 0.595. The van der Waals surface area contributed by atoms with Gasteiger partial charge in [0.1, 0.15) is 0 Å². The summed E-state index contributed by atoms with van der Waals surface area (Å²) < 4.78 is 5.37. The topological polar surface area (TPSA) is 47.0 Å². The molecule has 0 aliphatic rings. The summed E-state index contributed by atoms with van der Waals surface area (Å²) >= 11 is 0. The van der Waals surface area contributed by atoms with Gasteiger partial charge in [0.05, 0.1) is 6.61 Å². The molecule has 14 heavy (non-hydrogen) atoms. The molecule has 4 nitrogen and oxygen atoms in total. The van der Waals surface area contributed by atoms with Crippen molar-refractivity contribution in [1.82, 2.24) is 9.97 Å². The Balaban J connectivity index is 2.50. The first-order valence-corrected chi connectivity index (χ1v) is 4.67. The average Bonchev–Trinajstić information content (AvgIpc) is 2.19. The van der Waals surface area contributed by atoms with Crippen LogP contribution in [0.3, 0.4) is 0 Å². The van der Waals surface area contributed by atoms with E-state index >= 15 is 0 Å². The average molecular weight is 193 g/mol. The molecule has 0 bridgehead atoms. The van der Waals surface area contributed by atoms with Gasteiger partial charge in [-0.25, -0.2) is 4.98 Å². The van der Waals surface area contributed by atoms with Crippen molar-refractivity contribution >= 4 is 5.95 Å². The highest BCUT2D eigenvalue weighted by atomic mass is 16.5. The summed E-state index contributed by atoms with van der Waals surface area (Å²) in [5.74, 6) is 1.20. The van der Waals surface area contributed by atoms with Crippen molar-refractivity contribution in [2.45, 2.75) is 13.3 Å². The van der Waals surface area contributed by atoms with E-state index in [0.717, 1.165) is 13.0 Å². The first-order chi connectivity index (χ1) is 6.86. The molecule has 4 heteroatoms. The summed E-state index contributed by atoms with van der Waals surface area (Å²) in [6, 6.07) is 1.74. The van der Waals surface area contributed by atoms with Crippen LogP contribution >= 0.6 is 0 Å². The van der Waals surface area contributed by atoms with Crippen molar-refractivity contribution in [3.63, 3.8) is 0 Å². The quantitative estimate of drug-likeness (QED) is 0.553. The molecule has 0 amide bonds. The first kappa shape index (κ1) is 10.5. The molecule has 0 fully saturated rings. The van der Waals surface area contributed by atoms with Gasteiger partial charge >= 0.3 is 0 Å². The number of ether oxygens (including phenoxy) is 1. The van der Waals surface area contributed by atoms with E-state index in [4.69, 9.17) is 4.74 Å². The lowest BCUT2D eigenvalue weighted by Crippen LogP contribution is -2.04. The Labute approximate surface area is 84.0 Å². The number of aromatic nitrogens is 2. The minimum Gasteiger partial charge on any atom is -0.477 e. The highest BCUT2D eigenvalue weighted by Gasteiger charge is 1.97. The van der Waals surface area contributed by atoms with Crippen LogP contribution in [0.2, 0.25) is 0 Å². The molecule has 1 heterocycles. The third-order valence-corrected chi connectivity index (χ3v) is 1.54. The number of hydrogen-bond donors (Lipinski definition) is 1. The van der Waals surface area contributed by atoms with Crippen LogP contribution in [-0.4, -0.2) is 23.1 Å². The van der Waals surface area contributed by atoms with Crippen molar-refractivity contribution in [3.05, 3.63) is 24.9 Å². The normalized spacial score (nSPS) is 9.50. The van der Waals surface area contributed by atoms with Crippen LogP contribution in [0.5, 0.6) is 5.88 Å². The number of nitrogens with zero attached hydrogens (tertiary/aromatic N) is 2. The third-order valence-electron chi connectivity index (χ3n) is 1.54. The fraction of sp³-hybridized carbons (Fsp3) is 0.400. The van der Waals surface area contributed by atoms with Gasteiger partial charge in [-0.05, 0) is 13.3 Å². The molecule has 0 atom stereocenters. The molecule has 0 unspecified atom stereocenters. The van der Waals surface area contributed by atoms with E-state index in [9.17, 15) is 0 Å². The van der Waals surface area contributed by atoms with E-state index < -0.39 is 0 Å². The van der Waals surface area contributed by atoms with Crippen molar-refractivity contribution < 1.29 is 4.74 Å². The largest absolute Gasteiger partial charge is 0.477 e. The number of nitrogens with one attached hydrogen (secondary N) is 1. The summed E-state index contributed by atoms with van der Waals surface area (Å²) in [5, 5.41) is 3.02. The monoisotopic (exact) mass is 193 g/mol. The molecule has 0 aliphatic carbocycles. The zero-order valence-corrected chi connectivity index (χ0v) is 8.36. The molecule has 0 saturated carbocycles. The van der Waals surface area contributed by atoms with E-state index in [-0.39, 0.29) is 0 Å². The van der Waals surface area contributed by atoms with Gasteiger partial charge in [0.2, 0.25) is 11.8 Å². The van der Waals surface area contributed by atoms with Gasteiger partial charge in [0.15, 0.2) is 0 Å². The molecular weight excluding hydrogens is 178 g/mol. The van der Waals surface area contributed by atoms with Gasteiger partial charge in [0, 0.05) is 18.8 Å². The van der Waals surface area contributed by atoms with Gasteiger partial charge in [-0.15, -0.1) is 6.58 Å². The lowest BCUT2D eigenvalue weighted by molar-refractivity contribution is 0.312. The van der Waals surface area contributed by atoms with E-state index in [1.807, 2.05) is 13.0 Å². The molecule has 0 aliphatic heterocycles. The van der Waals surface area contributed by atoms with E-state index in [2.05, 4.69) is 21.9 Å². The van der Waals surface area contributed by atoms with Crippen molar-refractivity contribution in [3.8, 4) is 5.88 Å². The lowest BCUT2D eigenvalue weighted by Gasteiger charge is -2.05. The zero-order valence-electron chi connectivity index (χ0n) is 8.36. The molecule has 1 N–H and O–H groups in total. The smallest absolute Gasteiger partial charge is 0.225 e. The third kappa shape index (κ3) is 3.43. The van der Waals surface area contributed by atoms with E-state index in [1.54, 1.807) is 12.3 Å². The molecule has 1 aromatic heterocycles. The van der Waals surface area contributed by atoms with Crippen LogP contribution in [-0.2, 0) is 0 Å². The number of anilines is 1. The van der Waals surface area contributed by atoms with Gasteiger partial charge < -0.3 is 10.1 Å². The molecule has 0 aromatic carbocycles. The van der Waals surface area contributed by atoms with Gasteiger partial charge in [-0.2, -0.15) is 4.98 Å². The standard InChI is InChI=1S/C10H15N3O/c1-3-5-8-14-9-6-7-12-10(13-9)11-4-2/h3,6-7H,1,4-5,8H2,2H3,(H,11,12,13). The predicted octanol–water partition coefficient (Wildman–Crippen LogP) is 1.86. The highest BCUT2D eigenvalue weighted by Crippen LogP contribution is 2.08. The van der Waals surface area contributed by atoms with Crippen LogP contribution in [0.1, 0.15) is 13.3 Å². The molecule has 0 radical (unpaired) electrons. The van der Waals surface area contributed by atoms with Crippen LogP contribution in [0, 0.1) is 0 Å². The minimum atomic E-state index is 0.595. The van der Waals surface area contributed by atoms with Crippen LogP contribution in [0.4, 0.5) is 5.95 Å². The summed E-state index contributed by atoms with van der Waals surface area (Å²) in [6.07, 6.45) is 4.31. The maximum absolute atomic E-state index is 5.37. The Morgan fingerprint density at radius 1 is 1.64 bits per heavy atom. The summed E-state index contributed by atoms with van der Waals surface area (Å²) in [5.41, 5.74) is 0. The van der Waals surface area contributed by atoms with Crippen molar-refractivity contribution in [1.29, 1.82) is 0 Å². The maximum atomic E-state index is 5.37. The second-order valence-electron chi connectivity index (χ2n) is 2.67. The summed E-state index contributed by atoms with van der Waals surface area (Å²) in [4.78, 5) is 8.19. The molecule has 0 saturated heterocycles. The maximum Gasteiger partial charge on any atom is 0.225 e. The summed E-state index contributed by atoms with van der Waals surface area (Å²) in [7, 11) is 0. The van der Waals surface area contributed by atoms with Gasteiger partial charge in [-0.1, -0.05) is 6.08 Å². The molecule has 76 valence electrons. The Bertz CT molecular complexity index is 288. The number of rotatable bonds is 6. The van der Waals surface area contributed by atoms with Gasteiger partial charge in [-0.3, -0.25) is 0 Å². The summed E-state index contributed by atoms with van der Waals surface area (Å²) in [6.45, 7) is 7.01. The fourth-order valence-electron chi connectivity index (χ4n) is 0.913. The Morgan fingerprint density at radius 2 is 2.50 bits per heavy atom. The second-order valence-corrected chi connectivity index (χ2v) is 2.67. The second kappa shape index (κ2) is 5.96. The molecule has 1 rings (SSSR count). The van der Waals surface area contributed by atoms with E-state index in [0.29, 0.717) is 18.4 Å². The van der Waals surface area contributed by atoms with Gasteiger partial charge in [0.25, 0.3) is 0 Å². The zero-order chi connectivity index (χ0) is 10.2. The SMILES string of the molecule is C=CCCOc1ccnc(NCC)n1. The molecule has 1 aromatic rings. The Morgan fingerprint density at radius 3 is 3.21 bits per heavy atom. The predicted molar refractivity (Wildman–Crippen MR) is 56.5 cm³/mol. The Hall–Kier alpha value is -1.58. The molecule has 0 spiro atoms. The highest BCUT2D eigenvalue weighted by molar-refractivity contribution is 5.26. The van der Waals surface area contributed by atoms with Crippen LogP contribution in [0.15, 0.2) is 24.9 Å². The fourth-order valence-corrected chi connectivity index (χ4v) is 0.913. The molecular formula is C10H15N3O. The lowest BCUT2D eigenvalue weighted by atomic mass is 10.4. The number of hydrogen-bond acceptors (Lipinski definition) is 4. The van der Waals surface area contributed by atoms with Crippen LogP contribution in [0.25, 0.3) is 0 Å². The van der Waals surface area contributed by atoms with E-state index in [1.165, 1.54) is 0 Å².